The molecule has 0 aliphatic rings. The van der Waals surface area contributed by atoms with Crippen molar-refractivity contribution in [3.8, 4) is 44.9 Å². The normalized spacial score (nSPS) is 11.3. The van der Waals surface area contributed by atoms with Crippen LogP contribution in [0.1, 0.15) is 0 Å². The zero-order valence-electron chi connectivity index (χ0n) is 30.0. The number of anilines is 3. The Morgan fingerprint density at radius 2 is 0.909 bits per heavy atom. The van der Waals surface area contributed by atoms with E-state index in [9.17, 15) is 0 Å². The van der Waals surface area contributed by atoms with Crippen LogP contribution in [0.15, 0.2) is 212 Å². The Morgan fingerprint density at radius 3 is 1.62 bits per heavy atom. The van der Waals surface area contributed by atoms with E-state index >= 15 is 0 Å². The Balaban J connectivity index is 1.24. The fourth-order valence-corrected chi connectivity index (χ4v) is 7.82. The molecule has 0 aliphatic heterocycles. The second-order valence-electron chi connectivity index (χ2n) is 13.8. The third kappa shape index (κ3) is 5.98. The van der Waals surface area contributed by atoms with Crippen molar-refractivity contribution in [3.63, 3.8) is 0 Å². The minimum atomic E-state index is 0.906. The fraction of sp³-hybridized carbons (Fsp3) is 0. The molecule has 0 spiro atoms. The second-order valence-corrected chi connectivity index (χ2v) is 13.8. The summed E-state index contributed by atoms with van der Waals surface area (Å²) in [6.45, 7) is 0. The molecule has 8 aromatic carbocycles. The number of nitrogens with zero attached hydrogens (tertiary/aromatic N) is 3. The van der Waals surface area contributed by atoms with Crippen molar-refractivity contribution in [3.05, 3.63) is 212 Å². The highest BCUT2D eigenvalue weighted by Gasteiger charge is 2.21. The van der Waals surface area contributed by atoms with Gasteiger partial charge in [0.25, 0.3) is 0 Å². The van der Waals surface area contributed by atoms with E-state index in [0.717, 1.165) is 78.3 Å². The number of benzene rings is 8. The van der Waals surface area contributed by atoms with Gasteiger partial charge in [0.05, 0.1) is 28.3 Å². The molecule has 10 rings (SSSR count). The van der Waals surface area contributed by atoms with Crippen LogP contribution in [0.3, 0.4) is 0 Å². The van der Waals surface area contributed by atoms with Crippen LogP contribution in [-0.2, 0) is 0 Å². The summed E-state index contributed by atoms with van der Waals surface area (Å²) in [5.41, 5.74) is 12.4. The van der Waals surface area contributed by atoms with Crippen LogP contribution < -0.4 is 4.90 Å². The molecule has 2 heterocycles. The third-order valence-corrected chi connectivity index (χ3v) is 10.4. The van der Waals surface area contributed by atoms with Crippen LogP contribution in [0.25, 0.3) is 77.3 Å². The van der Waals surface area contributed by atoms with E-state index in [1.165, 1.54) is 16.2 Å². The van der Waals surface area contributed by atoms with Crippen LogP contribution in [-0.4, -0.2) is 9.97 Å². The number of hydrogen-bond acceptors (Lipinski definition) is 3. The molecule has 0 saturated carbocycles. The van der Waals surface area contributed by atoms with Crippen molar-refractivity contribution < 1.29 is 0 Å². The predicted octanol–water partition coefficient (Wildman–Crippen LogP) is 14.1. The van der Waals surface area contributed by atoms with Gasteiger partial charge in [-0.25, -0.2) is 9.97 Å². The summed E-state index contributed by atoms with van der Waals surface area (Å²) < 4.78 is 0. The molecule has 258 valence electrons. The molecule has 0 fully saturated rings. The molecule has 0 amide bonds. The van der Waals surface area contributed by atoms with Crippen LogP contribution in [0.4, 0.5) is 17.1 Å². The van der Waals surface area contributed by atoms with Crippen molar-refractivity contribution in [2.24, 2.45) is 0 Å². The molecule has 0 atom stereocenters. The lowest BCUT2D eigenvalue weighted by molar-refractivity contribution is 1.28. The first-order chi connectivity index (χ1) is 27.3. The maximum atomic E-state index is 5.60. The zero-order valence-corrected chi connectivity index (χ0v) is 30.0. The van der Waals surface area contributed by atoms with Crippen LogP contribution in [0.5, 0.6) is 0 Å². The van der Waals surface area contributed by atoms with Gasteiger partial charge in [0, 0.05) is 44.2 Å². The maximum absolute atomic E-state index is 5.60. The minimum absolute atomic E-state index is 0.906. The zero-order chi connectivity index (χ0) is 36.6. The lowest BCUT2D eigenvalue weighted by atomic mass is 9.93. The summed E-state index contributed by atoms with van der Waals surface area (Å²) in [6, 6.07) is 75.0. The predicted molar refractivity (Wildman–Crippen MR) is 231 cm³/mol. The standard InChI is InChI=1S/C52H35N3/c1-5-17-36(18-6-1)40-34-47(38-20-7-2-8-21-38)53-48(35-40)39-30-31-44-49(33-39)54-52(46-32-29-37-19-13-14-26-43(37)51(44)46)45-27-15-16-28-50(45)55(41-22-9-3-10-23-41)42-24-11-4-12-25-42/h1-35H. The lowest BCUT2D eigenvalue weighted by Gasteiger charge is -2.28. The molecule has 0 N–H and O–H groups in total. The van der Waals surface area contributed by atoms with E-state index in [0.29, 0.717) is 0 Å². The number of fused-ring (bicyclic) bond motifs is 5. The molecular weight excluding hydrogens is 667 g/mol. The average molecular weight is 702 g/mol. The van der Waals surface area contributed by atoms with Gasteiger partial charge in [-0.05, 0) is 70.4 Å². The molecule has 0 radical (unpaired) electrons. The summed E-state index contributed by atoms with van der Waals surface area (Å²) in [7, 11) is 0. The molecule has 3 heteroatoms. The third-order valence-electron chi connectivity index (χ3n) is 10.4. The van der Waals surface area contributed by atoms with Gasteiger partial charge in [-0.1, -0.05) is 164 Å². The van der Waals surface area contributed by atoms with Gasteiger partial charge < -0.3 is 4.90 Å². The van der Waals surface area contributed by atoms with Gasteiger partial charge in [-0.3, -0.25) is 0 Å². The summed E-state index contributed by atoms with van der Waals surface area (Å²) in [5.74, 6) is 0. The first-order valence-electron chi connectivity index (χ1n) is 18.7. The lowest BCUT2D eigenvalue weighted by Crippen LogP contribution is -2.11. The van der Waals surface area contributed by atoms with Gasteiger partial charge in [0.1, 0.15) is 0 Å². The van der Waals surface area contributed by atoms with Gasteiger partial charge >= 0.3 is 0 Å². The van der Waals surface area contributed by atoms with Crippen molar-refractivity contribution in [1.29, 1.82) is 0 Å². The van der Waals surface area contributed by atoms with E-state index in [2.05, 4.69) is 211 Å². The quantitative estimate of drug-likeness (QED) is 0.155. The Hall–Kier alpha value is -7.36. The van der Waals surface area contributed by atoms with Crippen molar-refractivity contribution in [2.75, 3.05) is 4.90 Å². The smallest absolute Gasteiger partial charge is 0.0809 e. The van der Waals surface area contributed by atoms with E-state index in [-0.39, 0.29) is 0 Å². The van der Waals surface area contributed by atoms with Gasteiger partial charge in [0.2, 0.25) is 0 Å². The first-order valence-corrected chi connectivity index (χ1v) is 18.7. The number of para-hydroxylation sites is 3. The molecule has 0 saturated heterocycles. The summed E-state index contributed by atoms with van der Waals surface area (Å²) in [4.78, 5) is 13.2. The molecule has 3 nitrogen and oxygen atoms in total. The number of rotatable bonds is 7. The van der Waals surface area contributed by atoms with Crippen LogP contribution in [0, 0.1) is 0 Å². The highest BCUT2D eigenvalue weighted by atomic mass is 15.1. The Labute approximate surface area is 320 Å². The fourth-order valence-electron chi connectivity index (χ4n) is 7.82. The van der Waals surface area contributed by atoms with Crippen LogP contribution >= 0.6 is 0 Å². The van der Waals surface area contributed by atoms with E-state index in [1.54, 1.807) is 0 Å². The van der Waals surface area contributed by atoms with E-state index in [1.807, 2.05) is 6.07 Å². The molecule has 0 aliphatic carbocycles. The first kappa shape index (κ1) is 32.3. The van der Waals surface area contributed by atoms with E-state index < -0.39 is 0 Å². The topological polar surface area (TPSA) is 29.0 Å². The summed E-state index contributed by atoms with van der Waals surface area (Å²) in [5, 5.41) is 5.83. The molecule has 0 bridgehead atoms. The highest BCUT2D eigenvalue weighted by molar-refractivity contribution is 6.23. The van der Waals surface area contributed by atoms with Crippen molar-refractivity contribution in [1.82, 2.24) is 9.97 Å². The minimum Gasteiger partial charge on any atom is -0.310 e. The Bertz CT molecular complexity index is 2860. The molecule has 0 unspecified atom stereocenters. The van der Waals surface area contributed by atoms with E-state index in [4.69, 9.17) is 9.97 Å². The Morgan fingerprint density at radius 1 is 0.345 bits per heavy atom. The second kappa shape index (κ2) is 13.9. The highest BCUT2D eigenvalue weighted by Crippen LogP contribution is 2.44. The largest absolute Gasteiger partial charge is 0.310 e. The summed E-state index contributed by atoms with van der Waals surface area (Å²) >= 11 is 0. The van der Waals surface area contributed by atoms with Gasteiger partial charge in [-0.2, -0.15) is 0 Å². The Kier molecular flexibility index (Phi) is 8.16. The van der Waals surface area contributed by atoms with Crippen molar-refractivity contribution in [2.45, 2.75) is 0 Å². The SMILES string of the molecule is c1ccc(-c2cc(-c3ccccc3)nc(-c3ccc4c(c3)nc(-c3ccccc3N(c3ccccc3)c3ccccc3)c3ccc5ccccc5c34)c2)cc1. The molecule has 10 aromatic rings. The molecular formula is C52H35N3. The van der Waals surface area contributed by atoms with Crippen LogP contribution in [0.2, 0.25) is 0 Å². The number of pyridine rings is 2. The average Bonchev–Trinajstić information content (AvgIpc) is 3.27. The number of aromatic nitrogens is 2. The molecule has 2 aromatic heterocycles. The monoisotopic (exact) mass is 701 g/mol. The number of hydrogen-bond donors (Lipinski definition) is 0. The maximum Gasteiger partial charge on any atom is 0.0809 e. The van der Waals surface area contributed by atoms with Gasteiger partial charge in [0.15, 0.2) is 0 Å². The summed E-state index contributed by atoms with van der Waals surface area (Å²) in [6.07, 6.45) is 0. The van der Waals surface area contributed by atoms with Gasteiger partial charge in [-0.15, -0.1) is 0 Å². The molecule has 55 heavy (non-hydrogen) atoms. The van der Waals surface area contributed by atoms with Crippen molar-refractivity contribution >= 4 is 49.5 Å².